The van der Waals surface area contributed by atoms with Crippen LogP contribution in [0.3, 0.4) is 0 Å². The van der Waals surface area contributed by atoms with E-state index in [0.29, 0.717) is 23.7 Å². The Morgan fingerprint density at radius 2 is 2.26 bits per heavy atom. The minimum absolute atomic E-state index is 0.0266. The lowest BCUT2D eigenvalue weighted by atomic mass is 10.3. The number of non-ortho nitro benzene ring substituents is 1. The van der Waals surface area contributed by atoms with Crippen molar-refractivity contribution in [1.29, 1.82) is 0 Å². The molecule has 0 aliphatic carbocycles. The summed E-state index contributed by atoms with van der Waals surface area (Å²) in [5.41, 5.74) is 0.907. The standard InChI is InChI=1S/C12H9N3O4/c16-15(17)8-3-4-10-11(6-8)19-12(14-10)13-7-9-2-1-5-18-9/h1-6H,7H2,(H,13,14). The number of furan rings is 1. The molecule has 0 bridgehead atoms. The molecule has 19 heavy (non-hydrogen) atoms. The van der Waals surface area contributed by atoms with Crippen molar-refractivity contribution in [2.24, 2.45) is 0 Å². The van der Waals surface area contributed by atoms with Gasteiger partial charge in [-0.25, -0.2) is 0 Å². The van der Waals surface area contributed by atoms with Crippen LogP contribution in [-0.4, -0.2) is 9.91 Å². The predicted molar refractivity (Wildman–Crippen MR) is 66.7 cm³/mol. The van der Waals surface area contributed by atoms with E-state index in [4.69, 9.17) is 8.83 Å². The maximum atomic E-state index is 10.6. The molecule has 7 nitrogen and oxygen atoms in total. The first-order valence-corrected chi connectivity index (χ1v) is 5.53. The van der Waals surface area contributed by atoms with Gasteiger partial charge in [0.25, 0.3) is 11.7 Å². The zero-order chi connectivity index (χ0) is 13.2. The smallest absolute Gasteiger partial charge is 0.296 e. The fourth-order valence-corrected chi connectivity index (χ4v) is 1.68. The zero-order valence-corrected chi connectivity index (χ0v) is 9.70. The number of rotatable bonds is 4. The van der Waals surface area contributed by atoms with E-state index in [1.807, 2.05) is 6.07 Å². The highest BCUT2D eigenvalue weighted by Gasteiger charge is 2.11. The summed E-state index contributed by atoms with van der Waals surface area (Å²) in [6.07, 6.45) is 1.58. The third-order valence-electron chi connectivity index (χ3n) is 2.58. The van der Waals surface area contributed by atoms with Gasteiger partial charge in [-0.3, -0.25) is 10.1 Å². The van der Waals surface area contributed by atoms with Gasteiger partial charge in [0.2, 0.25) is 0 Å². The van der Waals surface area contributed by atoms with Gasteiger partial charge in [0, 0.05) is 6.07 Å². The van der Waals surface area contributed by atoms with Gasteiger partial charge in [-0.15, -0.1) is 0 Å². The number of nitrogens with zero attached hydrogens (tertiary/aromatic N) is 2. The molecular formula is C12H9N3O4. The number of fused-ring (bicyclic) bond motifs is 1. The van der Waals surface area contributed by atoms with Gasteiger partial charge in [-0.2, -0.15) is 4.98 Å². The fourth-order valence-electron chi connectivity index (χ4n) is 1.68. The van der Waals surface area contributed by atoms with Crippen molar-refractivity contribution >= 4 is 22.8 Å². The lowest BCUT2D eigenvalue weighted by molar-refractivity contribution is -0.384. The van der Waals surface area contributed by atoms with E-state index in [-0.39, 0.29) is 5.69 Å². The molecule has 0 atom stereocenters. The summed E-state index contributed by atoms with van der Waals surface area (Å²) in [7, 11) is 0. The molecule has 0 unspecified atom stereocenters. The summed E-state index contributed by atoms with van der Waals surface area (Å²) in [4.78, 5) is 14.3. The van der Waals surface area contributed by atoms with E-state index in [0.717, 1.165) is 5.76 Å². The van der Waals surface area contributed by atoms with E-state index >= 15 is 0 Å². The first kappa shape index (κ1) is 11.3. The van der Waals surface area contributed by atoms with Crippen LogP contribution in [0.15, 0.2) is 45.4 Å². The second kappa shape index (κ2) is 4.45. The molecule has 0 saturated carbocycles. The molecule has 1 aromatic carbocycles. The Kier molecular flexibility index (Phi) is 2.64. The molecule has 1 N–H and O–H groups in total. The molecule has 0 amide bonds. The van der Waals surface area contributed by atoms with Gasteiger partial charge < -0.3 is 14.2 Å². The monoisotopic (exact) mass is 259 g/mol. The summed E-state index contributed by atoms with van der Waals surface area (Å²) < 4.78 is 10.5. The average molecular weight is 259 g/mol. The van der Waals surface area contributed by atoms with Crippen molar-refractivity contribution in [2.45, 2.75) is 6.54 Å². The molecule has 0 fully saturated rings. The van der Waals surface area contributed by atoms with Gasteiger partial charge in [0.15, 0.2) is 5.58 Å². The third-order valence-corrected chi connectivity index (χ3v) is 2.58. The van der Waals surface area contributed by atoms with Crippen molar-refractivity contribution in [2.75, 3.05) is 5.32 Å². The summed E-state index contributed by atoms with van der Waals surface area (Å²) in [6.45, 7) is 0.432. The first-order chi connectivity index (χ1) is 9.22. The van der Waals surface area contributed by atoms with Crippen molar-refractivity contribution in [3.05, 3.63) is 52.5 Å². The quantitative estimate of drug-likeness (QED) is 0.571. The van der Waals surface area contributed by atoms with E-state index in [1.54, 1.807) is 18.4 Å². The molecule has 0 aliphatic heterocycles. The van der Waals surface area contributed by atoms with Gasteiger partial charge in [0.1, 0.15) is 11.3 Å². The maximum Gasteiger partial charge on any atom is 0.296 e. The van der Waals surface area contributed by atoms with Gasteiger partial charge >= 0.3 is 0 Å². The first-order valence-electron chi connectivity index (χ1n) is 5.53. The van der Waals surface area contributed by atoms with Crippen LogP contribution in [0.25, 0.3) is 11.1 Å². The molecule has 2 heterocycles. The molecular weight excluding hydrogens is 250 g/mol. The highest BCUT2D eigenvalue weighted by Crippen LogP contribution is 2.23. The van der Waals surface area contributed by atoms with Gasteiger partial charge in [0.05, 0.1) is 23.8 Å². The van der Waals surface area contributed by atoms with Crippen molar-refractivity contribution < 1.29 is 13.8 Å². The number of aromatic nitrogens is 1. The van der Waals surface area contributed by atoms with Crippen LogP contribution >= 0.6 is 0 Å². The van der Waals surface area contributed by atoms with Gasteiger partial charge in [-0.1, -0.05) is 0 Å². The second-order valence-corrected chi connectivity index (χ2v) is 3.86. The number of hydrogen-bond acceptors (Lipinski definition) is 6. The molecule has 0 aliphatic rings. The number of nitrogens with one attached hydrogen (secondary N) is 1. The van der Waals surface area contributed by atoms with E-state index in [9.17, 15) is 10.1 Å². The number of nitro groups is 1. The Balaban J connectivity index is 1.83. The lowest BCUT2D eigenvalue weighted by Crippen LogP contribution is -1.97. The minimum atomic E-state index is -0.474. The molecule has 96 valence electrons. The summed E-state index contributed by atoms with van der Waals surface area (Å²) in [6, 6.07) is 8.19. The van der Waals surface area contributed by atoms with Crippen LogP contribution in [0.2, 0.25) is 0 Å². The lowest BCUT2D eigenvalue weighted by Gasteiger charge is -1.96. The number of hydrogen-bond donors (Lipinski definition) is 1. The largest absolute Gasteiger partial charge is 0.467 e. The van der Waals surface area contributed by atoms with Crippen molar-refractivity contribution in [3.8, 4) is 0 Å². The third kappa shape index (κ3) is 2.25. The van der Waals surface area contributed by atoms with Crippen LogP contribution < -0.4 is 5.32 Å². The number of benzene rings is 1. The second-order valence-electron chi connectivity index (χ2n) is 3.86. The number of oxazole rings is 1. The highest BCUT2D eigenvalue weighted by atomic mass is 16.6. The molecule has 0 radical (unpaired) electrons. The average Bonchev–Trinajstić information content (AvgIpc) is 3.04. The zero-order valence-electron chi connectivity index (χ0n) is 9.70. The minimum Gasteiger partial charge on any atom is -0.467 e. The van der Waals surface area contributed by atoms with E-state index in [2.05, 4.69) is 10.3 Å². The highest BCUT2D eigenvalue weighted by molar-refractivity contribution is 5.77. The Hall–Kier alpha value is -2.83. The molecule has 7 heteroatoms. The van der Waals surface area contributed by atoms with Crippen LogP contribution in [0.1, 0.15) is 5.76 Å². The van der Waals surface area contributed by atoms with E-state index in [1.165, 1.54) is 12.1 Å². The number of anilines is 1. The Labute approximate surface area is 107 Å². The normalized spacial score (nSPS) is 10.7. The van der Waals surface area contributed by atoms with E-state index < -0.39 is 4.92 Å². The summed E-state index contributed by atoms with van der Waals surface area (Å²) >= 11 is 0. The number of nitro benzene ring substituents is 1. The molecule has 0 spiro atoms. The summed E-state index contributed by atoms with van der Waals surface area (Å²) in [5.74, 6) is 0.744. The van der Waals surface area contributed by atoms with Crippen LogP contribution in [0, 0.1) is 10.1 Å². The van der Waals surface area contributed by atoms with Crippen LogP contribution in [-0.2, 0) is 6.54 Å². The predicted octanol–water partition coefficient (Wildman–Crippen LogP) is 2.94. The Morgan fingerprint density at radius 3 is 3.00 bits per heavy atom. The van der Waals surface area contributed by atoms with Crippen LogP contribution in [0.4, 0.5) is 11.7 Å². The maximum absolute atomic E-state index is 10.6. The molecule has 3 rings (SSSR count). The summed E-state index contributed by atoms with van der Waals surface area (Å²) in [5, 5.41) is 13.6. The van der Waals surface area contributed by atoms with Gasteiger partial charge in [-0.05, 0) is 18.2 Å². The Morgan fingerprint density at radius 1 is 1.37 bits per heavy atom. The Bertz CT molecular complexity index is 718. The molecule has 3 aromatic rings. The molecule has 2 aromatic heterocycles. The topological polar surface area (TPSA) is 94.3 Å². The SMILES string of the molecule is O=[N+]([O-])c1ccc2nc(NCc3ccco3)oc2c1. The van der Waals surface area contributed by atoms with Crippen LogP contribution in [0.5, 0.6) is 0 Å². The fraction of sp³-hybridized carbons (Fsp3) is 0.0833. The van der Waals surface area contributed by atoms with Crippen molar-refractivity contribution in [3.63, 3.8) is 0 Å². The van der Waals surface area contributed by atoms with Crippen molar-refractivity contribution in [1.82, 2.24) is 4.98 Å². The molecule has 0 saturated heterocycles.